The Hall–Kier alpha value is -1.41. The van der Waals surface area contributed by atoms with Gasteiger partial charge in [-0.15, -0.1) is 0 Å². The van der Waals surface area contributed by atoms with Gasteiger partial charge in [-0.05, 0) is 54.9 Å². The minimum absolute atomic E-state index is 0.151. The summed E-state index contributed by atoms with van der Waals surface area (Å²) in [7, 11) is 0. The number of benzene rings is 1. The van der Waals surface area contributed by atoms with E-state index in [9.17, 15) is 0 Å². The topological polar surface area (TPSA) is 38.9 Å². The quantitative estimate of drug-likeness (QED) is 0.891. The van der Waals surface area contributed by atoms with Gasteiger partial charge in [0.1, 0.15) is 0 Å². The molecule has 2 atom stereocenters. The average molecular weight is 282 g/mol. The molecular weight excluding hydrogens is 256 g/mol. The minimum Gasteiger partial charge on any atom is -0.321 e. The summed E-state index contributed by atoms with van der Waals surface area (Å²) in [6.07, 6.45) is 7.96. The van der Waals surface area contributed by atoms with Gasteiger partial charge in [-0.25, -0.2) is 0 Å². The number of hydrogen-bond donors (Lipinski definition) is 1. The van der Waals surface area contributed by atoms with Crippen LogP contribution in [0.1, 0.15) is 51.5 Å². The molecule has 0 amide bonds. The highest BCUT2D eigenvalue weighted by Crippen LogP contribution is 2.40. The Kier molecular flexibility index (Phi) is 3.99. The smallest absolute Gasteiger partial charge is 0.0702 e. The minimum atomic E-state index is -0.151. The van der Waals surface area contributed by atoms with Crippen LogP contribution in [0.15, 0.2) is 36.5 Å². The van der Waals surface area contributed by atoms with E-state index in [0.717, 1.165) is 30.2 Å². The summed E-state index contributed by atoms with van der Waals surface area (Å²) >= 11 is 0. The van der Waals surface area contributed by atoms with Gasteiger partial charge < -0.3 is 5.73 Å². The Morgan fingerprint density at radius 2 is 2.19 bits per heavy atom. The van der Waals surface area contributed by atoms with Gasteiger partial charge in [-0.3, -0.25) is 4.98 Å². The number of pyridine rings is 1. The fourth-order valence-electron chi connectivity index (χ4n) is 3.94. The highest BCUT2D eigenvalue weighted by atomic mass is 14.8. The van der Waals surface area contributed by atoms with E-state index in [-0.39, 0.29) is 5.54 Å². The zero-order valence-corrected chi connectivity index (χ0v) is 13.2. The highest BCUT2D eigenvalue weighted by Gasteiger charge is 2.34. The van der Waals surface area contributed by atoms with Gasteiger partial charge in [-0.2, -0.15) is 0 Å². The maximum atomic E-state index is 6.82. The molecule has 2 unspecified atom stereocenters. The normalized spacial score (nSPS) is 26.4. The Morgan fingerprint density at radius 3 is 3.00 bits per heavy atom. The summed E-state index contributed by atoms with van der Waals surface area (Å²) in [5.74, 6) is 1.53. The summed E-state index contributed by atoms with van der Waals surface area (Å²) in [5, 5.41) is 1.20. The summed E-state index contributed by atoms with van der Waals surface area (Å²) < 4.78 is 0. The number of rotatable bonds is 3. The predicted molar refractivity (Wildman–Crippen MR) is 89.0 cm³/mol. The second kappa shape index (κ2) is 5.76. The van der Waals surface area contributed by atoms with Gasteiger partial charge >= 0.3 is 0 Å². The molecule has 1 heterocycles. The van der Waals surface area contributed by atoms with Crippen molar-refractivity contribution in [2.24, 2.45) is 17.6 Å². The summed E-state index contributed by atoms with van der Waals surface area (Å²) in [6, 6.07) is 10.7. The molecule has 0 saturated heterocycles. The predicted octanol–water partition coefficient (Wildman–Crippen LogP) is 4.63. The van der Waals surface area contributed by atoms with Crippen molar-refractivity contribution in [2.45, 2.75) is 51.5 Å². The number of nitrogens with zero attached hydrogens (tertiary/aromatic N) is 1. The monoisotopic (exact) mass is 282 g/mol. The van der Waals surface area contributed by atoms with Gasteiger partial charge in [0.05, 0.1) is 5.52 Å². The zero-order valence-electron chi connectivity index (χ0n) is 13.2. The molecule has 2 N–H and O–H groups in total. The van der Waals surface area contributed by atoms with Crippen molar-refractivity contribution in [3.63, 3.8) is 0 Å². The molecular formula is C19H26N2. The fraction of sp³-hybridized carbons (Fsp3) is 0.526. The number of nitrogens with two attached hydrogens (primary N) is 1. The largest absolute Gasteiger partial charge is 0.321 e. The van der Waals surface area contributed by atoms with Crippen LogP contribution in [0.5, 0.6) is 0 Å². The van der Waals surface area contributed by atoms with Crippen LogP contribution in [0.3, 0.4) is 0 Å². The van der Waals surface area contributed by atoms with Crippen molar-refractivity contribution >= 4 is 10.9 Å². The molecule has 1 saturated carbocycles. The van der Waals surface area contributed by atoms with Gasteiger partial charge in [0.2, 0.25) is 0 Å². The molecule has 1 aliphatic rings. The molecule has 0 bridgehead atoms. The Morgan fingerprint density at radius 1 is 1.33 bits per heavy atom. The van der Waals surface area contributed by atoms with Crippen molar-refractivity contribution in [3.05, 3.63) is 42.1 Å². The molecule has 1 aromatic heterocycles. The Balaban J connectivity index is 1.88. The Bertz CT molecular complexity index is 620. The molecule has 2 aromatic rings. The van der Waals surface area contributed by atoms with Crippen LogP contribution in [0.2, 0.25) is 0 Å². The van der Waals surface area contributed by atoms with Crippen LogP contribution in [0, 0.1) is 11.8 Å². The third-order valence-corrected chi connectivity index (χ3v) is 4.87. The van der Waals surface area contributed by atoms with E-state index < -0.39 is 0 Å². The van der Waals surface area contributed by atoms with E-state index in [4.69, 9.17) is 5.73 Å². The zero-order chi connectivity index (χ0) is 14.9. The lowest BCUT2D eigenvalue weighted by molar-refractivity contribution is 0.202. The molecule has 2 nitrogen and oxygen atoms in total. The van der Waals surface area contributed by atoms with Crippen LogP contribution in [-0.4, -0.2) is 4.98 Å². The molecule has 112 valence electrons. The maximum Gasteiger partial charge on any atom is 0.0702 e. The molecule has 0 aliphatic heterocycles. The van der Waals surface area contributed by atoms with E-state index in [1.54, 1.807) is 0 Å². The van der Waals surface area contributed by atoms with Crippen molar-refractivity contribution < 1.29 is 0 Å². The van der Waals surface area contributed by atoms with Gasteiger partial charge in [0, 0.05) is 17.1 Å². The third kappa shape index (κ3) is 3.11. The molecule has 2 heteroatoms. The third-order valence-electron chi connectivity index (χ3n) is 4.87. The average Bonchev–Trinajstić information content (AvgIpc) is 2.46. The highest BCUT2D eigenvalue weighted by molar-refractivity contribution is 5.79. The van der Waals surface area contributed by atoms with Crippen LogP contribution < -0.4 is 5.73 Å². The maximum absolute atomic E-state index is 6.82. The lowest BCUT2D eigenvalue weighted by Crippen LogP contribution is -2.41. The fourth-order valence-corrected chi connectivity index (χ4v) is 3.94. The lowest BCUT2D eigenvalue weighted by Gasteiger charge is -2.39. The van der Waals surface area contributed by atoms with Crippen molar-refractivity contribution in [1.29, 1.82) is 0 Å². The molecule has 1 fully saturated rings. The SMILES string of the molecule is CC(C)CC1CCCC(N)(c2ccc3ncccc3c2)C1. The number of aromatic nitrogens is 1. The first-order chi connectivity index (χ1) is 10.1. The Labute approximate surface area is 127 Å². The first-order valence-electron chi connectivity index (χ1n) is 8.21. The van der Waals surface area contributed by atoms with Crippen LogP contribution in [0.25, 0.3) is 10.9 Å². The molecule has 0 radical (unpaired) electrons. The van der Waals surface area contributed by atoms with Crippen LogP contribution >= 0.6 is 0 Å². The van der Waals surface area contributed by atoms with E-state index in [2.05, 4.69) is 43.1 Å². The first-order valence-corrected chi connectivity index (χ1v) is 8.21. The van der Waals surface area contributed by atoms with Gasteiger partial charge in [-0.1, -0.05) is 38.8 Å². The van der Waals surface area contributed by atoms with Crippen molar-refractivity contribution in [1.82, 2.24) is 4.98 Å². The standard InChI is InChI=1S/C19H26N2/c1-14(2)11-15-5-3-9-19(20,13-15)17-7-8-18-16(12-17)6-4-10-21-18/h4,6-8,10,12,14-15H,3,5,9,11,13,20H2,1-2H3. The summed E-state index contributed by atoms with van der Waals surface area (Å²) in [5.41, 5.74) is 9.01. The number of hydrogen-bond acceptors (Lipinski definition) is 2. The van der Waals surface area contributed by atoms with Gasteiger partial charge in [0.25, 0.3) is 0 Å². The second-order valence-electron chi connectivity index (χ2n) is 7.16. The number of fused-ring (bicyclic) bond motifs is 1. The van der Waals surface area contributed by atoms with E-state index >= 15 is 0 Å². The molecule has 0 spiro atoms. The lowest BCUT2D eigenvalue weighted by atomic mass is 9.70. The van der Waals surface area contributed by atoms with E-state index in [0.29, 0.717) is 0 Å². The summed E-state index contributed by atoms with van der Waals surface area (Å²) in [6.45, 7) is 4.63. The van der Waals surface area contributed by atoms with Crippen LogP contribution in [-0.2, 0) is 5.54 Å². The van der Waals surface area contributed by atoms with E-state index in [1.165, 1.54) is 30.2 Å². The molecule has 1 aliphatic carbocycles. The summed E-state index contributed by atoms with van der Waals surface area (Å²) in [4.78, 5) is 4.40. The van der Waals surface area contributed by atoms with Crippen molar-refractivity contribution in [2.75, 3.05) is 0 Å². The second-order valence-corrected chi connectivity index (χ2v) is 7.16. The van der Waals surface area contributed by atoms with Gasteiger partial charge in [0.15, 0.2) is 0 Å². The van der Waals surface area contributed by atoms with E-state index in [1.807, 2.05) is 12.3 Å². The molecule has 21 heavy (non-hydrogen) atoms. The van der Waals surface area contributed by atoms with Crippen molar-refractivity contribution in [3.8, 4) is 0 Å². The van der Waals surface area contributed by atoms with Crippen LogP contribution in [0.4, 0.5) is 0 Å². The first kappa shape index (κ1) is 14.5. The molecule has 1 aromatic carbocycles. The molecule has 3 rings (SSSR count).